The van der Waals surface area contributed by atoms with E-state index >= 15 is 0 Å². The summed E-state index contributed by atoms with van der Waals surface area (Å²) in [5, 5.41) is 1.08. The molecule has 0 radical (unpaired) electrons. The molecule has 0 atom stereocenters. The molecule has 6 heteroatoms. The molecule has 5 rings (SSSR count). The first-order chi connectivity index (χ1) is 17.0. The van der Waals surface area contributed by atoms with E-state index < -0.39 is 0 Å². The van der Waals surface area contributed by atoms with Gasteiger partial charge >= 0.3 is 5.97 Å². The van der Waals surface area contributed by atoms with Crippen LogP contribution in [0.5, 0.6) is 11.5 Å². The van der Waals surface area contributed by atoms with E-state index in [0.29, 0.717) is 35.0 Å². The van der Waals surface area contributed by atoms with Crippen LogP contribution in [0.25, 0.3) is 17.0 Å². The molecule has 0 fully saturated rings. The van der Waals surface area contributed by atoms with Gasteiger partial charge in [-0.25, -0.2) is 4.79 Å². The SMILES string of the molecule is CCn1cc(/C=C2\Oc3c(ccc(OCc4ccc(C(=O)OC)cc4)c3C)C2=O)c2ccccc21. The van der Waals surface area contributed by atoms with Crippen molar-refractivity contribution in [1.82, 2.24) is 4.57 Å². The van der Waals surface area contributed by atoms with Gasteiger partial charge in [0.2, 0.25) is 5.78 Å². The molecule has 4 aromatic rings. The minimum atomic E-state index is -0.378. The normalized spacial score (nSPS) is 13.7. The van der Waals surface area contributed by atoms with Crippen LogP contribution in [-0.2, 0) is 17.9 Å². The quantitative estimate of drug-likeness (QED) is 0.259. The monoisotopic (exact) mass is 467 g/mol. The molecule has 0 N–H and O–H groups in total. The van der Waals surface area contributed by atoms with Gasteiger partial charge in [-0.3, -0.25) is 4.79 Å². The first-order valence-corrected chi connectivity index (χ1v) is 11.5. The van der Waals surface area contributed by atoms with Gasteiger partial charge in [0, 0.05) is 34.8 Å². The number of hydrogen-bond acceptors (Lipinski definition) is 5. The summed E-state index contributed by atoms with van der Waals surface area (Å²) in [6.07, 6.45) is 3.86. The lowest BCUT2D eigenvalue weighted by atomic mass is 10.1. The van der Waals surface area contributed by atoms with Crippen molar-refractivity contribution in [2.45, 2.75) is 27.0 Å². The van der Waals surface area contributed by atoms with Crippen LogP contribution in [0, 0.1) is 6.92 Å². The summed E-state index contributed by atoms with van der Waals surface area (Å²) in [7, 11) is 1.35. The van der Waals surface area contributed by atoms with Crippen molar-refractivity contribution in [3.05, 3.63) is 100 Å². The van der Waals surface area contributed by atoms with Crippen molar-refractivity contribution in [2.75, 3.05) is 7.11 Å². The van der Waals surface area contributed by atoms with E-state index in [4.69, 9.17) is 14.2 Å². The summed E-state index contributed by atoms with van der Waals surface area (Å²) >= 11 is 0. The Morgan fingerprint density at radius 3 is 2.57 bits per heavy atom. The minimum Gasteiger partial charge on any atom is -0.488 e. The average molecular weight is 468 g/mol. The Kier molecular flexibility index (Phi) is 5.87. The fraction of sp³-hybridized carbons (Fsp3) is 0.172. The van der Waals surface area contributed by atoms with Crippen LogP contribution in [0.4, 0.5) is 0 Å². The molecule has 3 aromatic carbocycles. The Bertz CT molecular complexity index is 1480. The van der Waals surface area contributed by atoms with Gasteiger partial charge in [0.1, 0.15) is 18.1 Å². The Labute approximate surface area is 203 Å². The van der Waals surface area contributed by atoms with Gasteiger partial charge in [-0.05, 0) is 55.8 Å². The fourth-order valence-electron chi connectivity index (χ4n) is 4.33. The van der Waals surface area contributed by atoms with Crippen molar-refractivity contribution in [1.29, 1.82) is 0 Å². The lowest BCUT2D eigenvalue weighted by Gasteiger charge is -2.11. The summed E-state index contributed by atoms with van der Waals surface area (Å²) in [5.41, 5.74) is 4.75. The topological polar surface area (TPSA) is 66.8 Å². The number of aryl methyl sites for hydroxylation is 1. The number of allylic oxidation sites excluding steroid dienone is 1. The van der Waals surface area contributed by atoms with E-state index in [1.165, 1.54) is 7.11 Å². The summed E-state index contributed by atoms with van der Waals surface area (Å²) < 4.78 is 19.0. The highest BCUT2D eigenvalue weighted by Gasteiger charge is 2.30. The van der Waals surface area contributed by atoms with Crippen molar-refractivity contribution >= 4 is 28.7 Å². The molecule has 0 bridgehead atoms. The van der Waals surface area contributed by atoms with Crippen LogP contribution < -0.4 is 9.47 Å². The number of carbonyl (C=O) groups excluding carboxylic acids is 2. The van der Waals surface area contributed by atoms with Crippen LogP contribution in [0.3, 0.4) is 0 Å². The molecule has 1 aliphatic rings. The number of para-hydroxylation sites is 1. The van der Waals surface area contributed by atoms with Crippen LogP contribution in [-0.4, -0.2) is 23.4 Å². The highest BCUT2D eigenvalue weighted by Crippen LogP contribution is 2.40. The highest BCUT2D eigenvalue weighted by atomic mass is 16.5. The van der Waals surface area contributed by atoms with E-state index in [9.17, 15) is 9.59 Å². The van der Waals surface area contributed by atoms with Crippen LogP contribution in [0.2, 0.25) is 0 Å². The predicted octanol–water partition coefficient (Wildman–Crippen LogP) is 5.95. The number of esters is 1. The maximum atomic E-state index is 13.1. The number of aromatic nitrogens is 1. The van der Waals surface area contributed by atoms with Crippen LogP contribution in [0.15, 0.2) is 72.6 Å². The number of fused-ring (bicyclic) bond motifs is 2. The smallest absolute Gasteiger partial charge is 0.337 e. The molecule has 0 spiro atoms. The van der Waals surface area contributed by atoms with E-state index in [-0.39, 0.29) is 11.8 Å². The number of carbonyl (C=O) groups is 2. The Morgan fingerprint density at radius 1 is 1.06 bits per heavy atom. The molecule has 35 heavy (non-hydrogen) atoms. The second kappa shape index (κ2) is 9.14. The molecular formula is C29H25NO5. The molecule has 1 aliphatic heterocycles. The predicted molar refractivity (Wildman–Crippen MR) is 134 cm³/mol. The molecular weight excluding hydrogens is 442 g/mol. The molecule has 0 saturated heterocycles. The van der Waals surface area contributed by atoms with Crippen molar-refractivity contribution in [3.8, 4) is 11.5 Å². The molecule has 1 aromatic heterocycles. The molecule has 0 saturated carbocycles. The maximum absolute atomic E-state index is 13.1. The molecule has 0 unspecified atom stereocenters. The second-order valence-electron chi connectivity index (χ2n) is 8.37. The van der Waals surface area contributed by atoms with Gasteiger partial charge in [0.25, 0.3) is 0 Å². The first kappa shape index (κ1) is 22.5. The first-order valence-electron chi connectivity index (χ1n) is 11.5. The lowest BCUT2D eigenvalue weighted by molar-refractivity contribution is 0.0600. The van der Waals surface area contributed by atoms with E-state index in [2.05, 4.69) is 23.6 Å². The summed E-state index contributed by atoms with van der Waals surface area (Å²) in [4.78, 5) is 24.7. The van der Waals surface area contributed by atoms with Gasteiger partial charge < -0.3 is 18.8 Å². The fourth-order valence-corrected chi connectivity index (χ4v) is 4.33. The standard InChI is InChI=1S/C29H25NO5/c1-4-30-16-21(22-7-5-6-8-24(22)30)15-26-27(31)23-13-14-25(18(2)28(23)35-26)34-17-19-9-11-20(12-10-19)29(32)33-3/h5-16H,4,17H2,1-3H3/b26-15-. The van der Waals surface area contributed by atoms with Crippen LogP contribution >= 0.6 is 0 Å². The number of nitrogens with zero attached hydrogens (tertiary/aromatic N) is 1. The Morgan fingerprint density at radius 2 is 1.83 bits per heavy atom. The van der Waals surface area contributed by atoms with Gasteiger partial charge in [0.05, 0.1) is 18.2 Å². The highest BCUT2D eigenvalue weighted by molar-refractivity contribution is 6.15. The van der Waals surface area contributed by atoms with E-state index in [1.54, 1.807) is 24.3 Å². The van der Waals surface area contributed by atoms with Crippen molar-refractivity contribution in [3.63, 3.8) is 0 Å². The summed E-state index contributed by atoms with van der Waals surface area (Å²) in [6, 6.07) is 18.7. The van der Waals surface area contributed by atoms with Crippen LogP contribution in [0.1, 0.15) is 44.3 Å². The Balaban J connectivity index is 1.38. The lowest BCUT2D eigenvalue weighted by Crippen LogP contribution is -2.02. The molecule has 2 heterocycles. The number of rotatable bonds is 6. The van der Waals surface area contributed by atoms with Crippen molar-refractivity contribution in [2.24, 2.45) is 0 Å². The number of benzene rings is 3. The summed E-state index contributed by atoms with van der Waals surface area (Å²) in [6.45, 7) is 5.13. The largest absolute Gasteiger partial charge is 0.488 e. The maximum Gasteiger partial charge on any atom is 0.337 e. The third kappa shape index (κ3) is 4.08. The van der Waals surface area contributed by atoms with Gasteiger partial charge in [-0.2, -0.15) is 0 Å². The zero-order chi connectivity index (χ0) is 24.5. The number of ketones is 1. The van der Waals surface area contributed by atoms with E-state index in [1.807, 2.05) is 43.5 Å². The average Bonchev–Trinajstić information content (AvgIpc) is 3.41. The molecule has 0 amide bonds. The zero-order valence-electron chi connectivity index (χ0n) is 19.8. The van der Waals surface area contributed by atoms with Gasteiger partial charge in [0.15, 0.2) is 5.76 Å². The summed E-state index contributed by atoms with van der Waals surface area (Å²) in [5.74, 6) is 0.951. The Hall–Kier alpha value is -4.32. The minimum absolute atomic E-state index is 0.138. The van der Waals surface area contributed by atoms with E-state index in [0.717, 1.165) is 34.1 Å². The number of Topliss-reactive ketones (excluding diaryl/α,β-unsaturated/α-hetero) is 1. The second-order valence-corrected chi connectivity index (χ2v) is 8.37. The zero-order valence-corrected chi connectivity index (χ0v) is 19.8. The van der Waals surface area contributed by atoms with Crippen molar-refractivity contribution < 1.29 is 23.8 Å². The number of hydrogen-bond donors (Lipinski definition) is 0. The number of ether oxygens (including phenoxy) is 3. The van der Waals surface area contributed by atoms with Gasteiger partial charge in [-0.1, -0.05) is 30.3 Å². The molecule has 176 valence electrons. The third-order valence-corrected chi connectivity index (χ3v) is 6.25. The molecule has 6 nitrogen and oxygen atoms in total. The van der Waals surface area contributed by atoms with Gasteiger partial charge in [-0.15, -0.1) is 0 Å². The third-order valence-electron chi connectivity index (χ3n) is 6.25. The molecule has 0 aliphatic carbocycles. The number of methoxy groups -OCH3 is 1.